The summed E-state index contributed by atoms with van der Waals surface area (Å²) in [5, 5.41) is 5.10. The fraction of sp³-hybridized carbons (Fsp3) is 0.125. The summed E-state index contributed by atoms with van der Waals surface area (Å²) in [4.78, 5) is 23.2. The Morgan fingerprint density at radius 1 is 1.00 bits per heavy atom. The number of nitrogens with one attached hydrogen (secondary N) is 3. The molecule has 10 heteroatoms. The van der Waals surface area contributed by atoms with Crippen LogP contribution in [0.15, 0.2) is 47.4 Å². The maximum Gasteiger partial charge on any atom is 0.322 e. The molecule has 1 saturated heterocycles. The Labute approximate surface area is 159 Å². The van der Waals surface area contributed by atoms with Crippen molar-refractivity contribution in [1.82, 2.24) is 10.6 Å². The highest BCUT2D eigenvalue weighted by molar-refractivity contribution is 7.92. The van der Waals surface area contributed by atoms with Gasteiger partial charge in [0.25, 0.3) is 15.9 Å². The molecule has 2 aromatic rings. The zero-order chi connectivity index (χ0) is 19.1. The predicted octanol–water partition coefficient (Wildman–Crippen LogP) is 2.85. The van der Waals surface area contributed by atoms with Crippen molar-refractivity contribution in [2.24, 2.45) is 0 Å². The standard InChI is InChI=1S/C16H13Cl2N3O4S/c1-16(14(22)19-15(23)20-16)9-2-4-12(5-3-9)21-26(24,25)13-7-10(17)6-11(18)8-13/h2-8,21H,1H3,(H2,19,20,22,23)/t16-/m0/s1. The van der Waals surface area contributed by atoms with Gasteiger partial charge in [0.15, 0.2) is 0 Å². The molecule has 1 fully saturated rings. The van der Waals surface area contributed by atoms with Crippen LogP contribution in [0.25, 0.3) is 0 Å². The number of halogens is 2. The SMILES string of the molecule is C[C@@]1(c2ccc(NS(=O)(=O)c3cc(Cl)cc(Cl)c3)cc2)NC(=O)NC1=O. The molecule has 0 spiro atoms. The summed E-state index contributed by atoms with van der Waals surface area (Å²) < 4.78 is 27.3. The van der Waals surface area contributed by atoms with Crippen molar-refractivity contribution >= 4 is 50.9 Å². The largest absolute Gasteiger partial charge is 0.322 e. The Bertz CT molecular complexity index is 988. The first-order valence-electron chi connectivity index (χ1n) is 7.33. The molecule has 136 valence electrons. The minimum Gasteiger partial charge on any atom is -0.320 e. The van der Waals surface area contributed by atoms with Crippen molar-refractivity contribution in [2.45, 2.75) is 17.4 Å². The lowest BCUT2D eigenvalue weighted by atomic mass is 9.92. The lowest BCUT2D eigenvalue weighted by Gasteiger charge is -2.21. The average molecular weight is 414 g/mol. The van der Waals surface area contributed by atoms with Crippen LogP contribution >= 0.6 is 23.2 Å². The molecule has 7 nitrogen and oxygen atoms in total. The molecule has 1 heterocycles. The first-order chi connectivity index (χ1) is 12.1. The zero-order valence-corrected chi connectivity index (χ0v) is 15.7. The van der Waals surface area contributed by atoms with Gasteiger partial charge in [-0.2, -0.15) is 0 Å². The summed E-state index contributed by atoms with van der Waals surface area (Å²) in [7, 11) is -3.89. The number of hydrogen-bond donors (Lipinski definition) is 3. The lowest BCUT2D eigenvalue weighted by Crippen LogP contribution is -2.40. The minimum absolute atomic E-state index is 0.0755. The van der Waals surface area contributed by atoms with Crippen molar-refractivity contribution in [3.05, 3.63) is 58.1 Å². The number of carbonyl (C=O) groups is 2. The van der Waals surface area contributed by atoms with E-state index in [0.29, 0.717) is 5.56 Å². The Hall–Kier alpha value is -2.29. The molecule has 3 amide bonds. The van der Waals surface area contributed by atoms with Gasteiger partial charge in [-0.25, -0.2) is 13.2 Å². The maximum absolute atomic E-state index is 12.5. The first-order valence-corrected chi connectivity index (χ1v) is 9.57. The van der Waals surface area contributed by atoms with Gasteiger partial charge >= 0.3 is 6.03 Å². The summed E-state index contributed by atoms with van der Waals surface area (Å²) in [6.45, 7) is 1.56. The Morgan fingerprint density at radius 3 is 2.08 bits per heavy atom. The van der Waals surface area contributed by atoms with Gasteiger partial charge in [0, 0.05) is 15.7 Å². The molecule has 1 atom stereocenters. The van der Waals surface area contributed by atoms with Gasteiger partial charge in [-0.3, -0.25) is 14.8 Å². The number of rotatable bonds is 4. The smallest absolute Gasteiger partial charge is 0.320 e. The van der Waals surface area contributed by atoms with E-state index in [0.717, 1.165) is 0 Å². The summed E-state index contributed by atoms with van der Waals surface area (Å²) >= 11 is 11.7. The van der Waals surface area contributed by atoms with E-state index >= 15 is 0 Å². The molecule has 26 heavy (non-hydrogen) atoms. The molecule has 3 rings (SSSR count). The van der Waals surface area contributed by atoms with Crippen LogP contribution in [0.5, 0.6) is 0 Å². The Morgan fingerprint density at radius 2 is 1.58 bits per heavy atom. The quantitative estimate of drug-likeness (QED) is 0.670. The lowest BCUT2D eigenvalue weighted by molar-refractivity contribution is -0.123. The van der Waals surface area contributed by atoms with E-state index in [1.165, 1.54) is 30.3 Å². The highest BCUT2D eigenvalue weighted by atomic mass is 35.5. The molecule has 0 unspecified atom stereocenters. The third-order valence-corrected chi connectivity index (χ3v) is 5.70. The zero-order valence-electron chi connectivity index (χ0n) is 13.3. The highest BCUT2D eigenvalue weighted by Crippen LogP contribution is 2.27. The number of benzene rings is 2. The molecular formula is C16H13Cl2N3O4S. The first kappa shape index (κ1) is 18.5. The number of hydrogen-bond acceptors (Lipinski definition) is 4. The van der Waals surface area contributed by atoms with E-state index < -0.39 is 27.5 Å². The monoisotopic (exact) mass is 413 g/mol. The van der Waals surface area contributed by atoms with Crippen LogP contribution in [-0.4, -0.2) is 20.4 Å². The van der Waals surface area contributed by atoms with Crippen molar-refractivity contribution in [1.29, 1.82) is 0 Å². The van der Waals surface area contributed by atoms with Gasteiger partial charge in [0.1, 0.15) is 5.54 Å². The second-order valence-corrected chi connectivity index (χ2v) is 8.38. The van der Waals surface area contributed by atoms with Crippen LogP contribution in [0.1, 0.15) is 12.5 Å². The molecule has 0 radical (unpaired) electrons. The van der Waals surface area contributed by atoms with Gasteiger partial charge in [0.05, 0.1) is 4.90 Å². The van der Waals surface area contributed by atoms with E-state index in [-0.39, 0.29) is 20.6 Å². The molecule has 1 aliphatic heterocycles. The number of imide groups is 1. The Balaban J connectivity index is 1.85. The number of sulfonamides is 1. The molecule has 0 bridgehead atoms. The normalized spacial score (nSPS) is 19.8. The fourth-order valence-corrected chi connectivity index (χ4v) is 4.30. The van der Waals surface area contributed by atoms with E-state index in [2.05, 4.69) is 15.4 Å². The Kier molecular flexibility index (Phi) is 4.60. The van der Waals surface area contributed by atoms with E-state index in [4.69, 9.17) is 23.2 Å². The molecular weight excluding hydrogens is 401 g/mol. The van der Waals surface area contributed by atoms with Crippen LogP contribution < -0.4 is 15.4 Å². The minimum atomic E-state index is -3.89. The topological polar surface area (TPSA) is 104 Å². The van der Waals surface area contributed by atoms with Crippen molar-refractivity contribution in [3.63, 3.8) is 0 Å². The van der Waals surface area contributed by atoms with Crippen molar-refractivity contribution < 1.29 is 18.0 Å². The molecule has 2 aromatic carbocycles. The summed E-state index contributed by atoms with van der Waals surface area (Å²) in [6.07, 6.45) is 0. The number of amides is 3. The van der Waals surface area contributed by atoms with Crippen molar-refractivity contribution in [2.75, 3.05) is 4.72 Å². The van der Waals surface area contributed by atoms with Crippen LogP contribution in [0.2, 0.25) is 10.0 Å². The molecule has 0 aliphatic carbocycles. The maximum atomic E-state index is 12.5. The van der Waals surface area contributed by atoms with Gasteiger partial charge in [-0.05, 0) is 42.8 Å². The summed E-state index contributed by atoms with van der Waals surface area (Å²) in [5.41, 5.74) is -0.428. The van der Waals surface area contributed by atoms with Crippen LogP contribution in [0, 0.1) is 0 Å². The predicted molar refractivity (Wildman–Crippen MR) is 97.7 cm³/mol. The number of carbonyl (C=O) groups excluding carboxylic acids is 2. The van der Waals surface area contributed by atoms with Crippen molar-refractivity contribution in [3.8, 4) is 0 Å². The number of anilines is 1. The third-order valence-electron chi connectivity index (χ3n) is 3.91. The molecule has 1 aliphatic rings. The van der Waals surface area contributed by atoms with Crippen LogP contribution in [0.4, 0.5) is 10.5 Å². The average Bonchev–Trinajstić information content (AvgIpc) is 2.80. The van der Waals surface area contributed by atoms with Gasteiger partial charge in [-0.15, -0.1) is 0 Å². The number of urea groups is 1. The van der Waals surface area contributed by atoms with Gasteiger partial charge in [0.2, 0.25) is 0 Å². The van der Waals surface area contributed by atoms with Crippen LogP contribution in [-0.2, 0) is 20.4 Å². The fourth-order valence-electron chi connectivity index (χ4n) is 2.52. The molecule has 0 saturated carbocycles. The van der Waals surface area contributed by atoms with E-state index in [9.17, 15) is 18.0 Å². The van der Waals surface area contributed by atoms with Gasteiger partial charge < -0.3 is 5.32 Å². The van der Waals surface area contributed by atoms with Gasteiger partial charge in [-0.1, -0.05) is 35.3 Å². The highest BCUT2D eigenvalue weighted by Gasteiger charge is 2.43. The van der Waals surface area contributed by atoms with E-state index in [1.54, 1.807) is 19.1 Å². The summed E-state index contributed by atoms with van der Waals surface area (Å²) in [5.74, 6) is -0.482. The second kappa shape index (κ2) is 6.46. The van der Waals surface area contributed by atoms with Crippen LogP contribution in [0.3, 0.4) is 0 Å². The molecule has 0 aromatic heterocycles. The molecule has 3 N–H and O–H groups in total. The van der Waals surface area contributed by atoms with E-state index in [1.807, 2.05) is 0 Å². The summed E-state index contributed by atoms with van der Waals surface area (Å²) in [6, 6.07) is 9.48. The second-order valence-electron chi connectivity index (χ2n) is 5.82. The third kappa shape index (κ3) is 3.48.